The van der Waals surface area contributed by atoms with Crippen molar-refractivity contribution in [1.82, 2.24) is 4.90 Å². The molecule has 2 atom stereocenters. The van der Waals surface area contributed by atoms with Crippen LogP contribution in [0.3, 0.4) is 0 Å². The lowest BCUT2D eigenvalue weighted by Gasteiger charge is -2.42. The van der Waals surface area contributed by atoms with Gasteiger partial charge in [-0.15, -0.1) is 0 Å². The van der Waals surface area contributed by atoms with E-state index in [1.165, 1.54) is 58.0 Å². The molecule has 2 heteroatoms. The Morgan fingerprint density at radius 1 is 1.31 bits per heavy atom. The molecule has 1 heterocycles. The highest BCUT2D eigenvalue weighted by Gasteiger charge is 2.36. The molecule has 0 aromatic heterocycles. The van der Waals surface area contributed by atoms with Crippen molar-refractivity contribution >= 4 is 0 Å². The molecule has 16 heavy (non-hydrogen) atoms. The molecule has 0 aromatic rings. The van der Waals surface area contributed by atoms with Crippen LogP contribution in [0.4, 0.5) is 0 Å². The molecule has 2 nitrogen and oxygen atoms in total. The maximum Gasteiger partial charge on any atom is 0.00819 e. The first-order valence-corrected chi connectivity index (χ1v) is 7.15. The zero-order valence-electron chi connectivity index (χ0n) is 11.0. The Bertz CT molecular complexity index is 221. The summed E-state index contributed by atoms with van der Waals surface area (Å²) in [7, 11) is 0. The van der Waals surface area contributed by atoms with Gasteiger partial charge in [-0.05, 0) is 51.0 Å². The van der Waals surface area contributed by atoms with Crippen molar-refractivity contribution < 1.29 is 0 Å². The highest BCUT2D eigenvalue weighted by molar-refractivity contribution is 4.90. The molecular weight excluding hydrogens is 196 g/mol. The van der Waals surface area contributed by atoms with Gasteiger partial charge in [0.05, 0.1) is 0 Å². The first kappa shape index (κ1) is 12.4. The zero-order chi connectivity index (χ0) is 11.6. The maximum absolute atomic E-state index is 6.03. The van der Waals surface area contributed by atoms with E-state index >= 15 is 0 Å². The quantitative estimate of drug-likeness (QED) is 0.798. The number of nitrogens with two attached hydrogens (primary N) is 1. The first-order chi connectivity index (χ1) is 7.65. The summed E-state index contributed by atoms with van der Waals surface area (Å²) >= 11 is 0. The van der Waals surface area contributed by atoms with Gasteiger partial charge < -0.3 is 5.73 Å². The molecular formula is C14H28N2. The van der Waals surface area contributed by atoms with Crippen molar-refractivity contribution in [2.24, 2.45) is 11.1 Å². The number of rotatable bonds is 3. The lowest BCUT2D eigenvalue weighted by Crippen LogP contribution is -2.49. The topological polar surface area (TPSA) is 29.3 Å². The van der Waals surface area contributed by atoms with Gasteiger partial charge in [0.15, 0.2) is 0 Å². The van der Waals surface area contributed by atoms with E-state index in [0.29, 0.717) is 17.5 Å². The van der Waals surface area contributed by atoms with Gasteiger partial charge in [-0.2, -0.15) is 0 Å². The van der Waals surface area contributed by atoms with Gasteiger partial charge >= 0.3 is 0 Å². The van der Waals surface area contributed by atoms with Gasteiger partial charge in [0, 0.05) is 18.6 Å². The predicted octanol–water partition coefficient (Wildman–Crippen LogP) is 2.77. The number of piperidine rings is 1. The fraction of sp³-hybridized carbons (Fsp3) is 1.00. The van der Waals surface area contributed by atoms with Gasteiger partial charge in [-0.25, -0.2) is 0 Å². The summed E-state index contributed by atoms with van der Waals surface area (Å²) in [4.78, 5) is 2.71. The molecule has 0 bridgehead atoms. The highest BCUT2D eigenvalue weighted by atomic mass is 15.2. The number of hydrogen-bond donors (Lipinski definition) is 1. The lowest BCUT2D eigenvalue weighted by atomic mass is 9.81. The molecule has 0 spiro atoms. The molecule has 1 aliphatic heterocycles. The van der Waals surface area contributed by atoms with Crippen LogP contribution >= 0.6 is 0 Å². The standard InChI is InChI=1S/C14H28N2/c1-3-14(7-4-5-8-14)11-16-9-6-13(15)10-12(16)2/h12-13H,3-11,15H2,1-2H3. The SMILES string of the molecule is CCC1(CN2CCC(N)CC2C)CCCC1. The second kappa shape index (κ2) is 5.05. The van der Waals surface area contributed by atoms with Crippen molar-refractivity contribution in [3.63, 3.8) is 0 Å². The summed E-state index contributed by atoms with van der Waals surface area (Å²) in [5.41, 5.74) is 6.68. The largest absolute Gasteiger partial charge is 0.328 e. The monoisotopic (exact) mass is 224 g/mol. The molecule has 0 amide bonds. The Labute approximate surface area is 101 Å². The molecule has 1 saturated carbocycles. The van der Waals surface area contributed by atoms with Crippen LogP contribution in [0.5, 0.6) is 0 Å². The van der Waals surface area contributed by atoms with Crippen molar-refractivity contribution in [2.75, 3.05) is 13.1 Å². The van der Waals surface area contributed by atoms with Crippen LogP contribution in [-0.2, 0) is 0 Å². The summed E-state index contributed by atoms with van der Waals surface area (Å²) in [6.45, 7) is 7.30. The maximum atomic E-state index is 6.03. The van der Waals surface area contributed by atoms with E-state index in [-0.39, 0.29) is 0 Å². The van der Waals surface area contributed by atoms with Crippen molar-refractivity contribution in [2.45, 2.75) is 70.9 Å². The lowest BCUT2D eigenvalue weighted by molar-refractivity contribution is 0.0806. The van der Waals surface area contributed by atoms with Gasteiger partial charge in [-0.1, -0.05) is 19.8 Å². The smallest absolute Gasteiger partial charge is 0.00819 e. The van der Waals surface area contributed by atoms with E-state index in [1.54, 1.807) is 0 Å². The van der Waals surface area contributed by atoms with Crippen LogP contribution in [-0.4, -0.2) is 30.1 Å². The van der Waals surface area contributed by atoms with Gasteiger partial charge in [0.2, 0.25) is 0 Å². The molecule has 2 aliphatic rings. The van der Waals surface area contributed by atoms with Crippen molar-refractivity contribution in [3.05, 3.63) is 0 Å². The van der Waals surface area contributed by atoms with Crippen LogP contribution in [0.15, 0.2) is 0 Å². The molecule has 1 saturated heterocycles. The van der Waals surface area contributed by atoms with E-state index in [4.69, 9.17) is 5.73 Å². The second-order valence-corrected chi connectivity index (χ2v) is 6.16. The minimum Gasteiger partial charge on any atom is -0.328 e. The second-order valence-electron chi connectivity index (χ2n) is 6.16. The van der Waals surface area contributed by atoms with Crippen LogP contribution in [0, 0.1) is 5.41 Å². The Kier molecular flexibility index (Phi) is 3.91. The number of nitrogens with zero attached hydrogens (tertiary/aromatic N) is 1. The third kappa shape index (κ3) is 2.60. The third-order valence-corrected chi connectivity index (χ3v) is 5.01. The zero-order valence-corrected chi connectivity index (χ0v) is 11.0. The number of likely N-dealkylation sites (tertiary alicyclic amines) is 1. The fourth-order valence-electron chi connectivity index (χ4n) is 3.67. The number of hydrogen-bond acceptors (Lipinski definition) is 2. The molecule has 2 fully saturated rings. The van der Waals surface area contributed by atoms with Crippen LogP contribution in [0.1, 0.15) is 58.8 Å². The van der Waals surface area contributed by atoms with Crippen LogP contribution in [0.2, 0.25) is 0 Å². The molecule has 0 aromatic carbocycles. The van der Waals surface area contributed by atoms with Gasteiger partial charge in [0.1, 0.15) is 0 Å². The average Bonchev–Trinajstić information content (AvgIpc) is 2.72. The average molecular weight is 224 g/mol. The van der Waals surface area contributed by atoms with Crippen molar-refractivity contribution in [1.29, 1.82) is 0 Å². The Morgan fingerprint density at radius 3 is 2.56 bits per heavy atom. The van der Waals surface area contributed by atoms with E-state index in [9.17, 15) is 0 Å². The Morgan fingerprint density at radius 2 is 2.00 bits per heavy atom. The molecule has 2 N–H and O–H groups in total. The summed E-state index contributed by atoms with van der Waals surface area (Å²) in [5.74, 6) is 0. The molecule has 94 valence electrons. The third-order valence-electron chi connectivity index (χ3n) is 5.01. The van der Waals surface area contributed by atoms with E-state index < -0.39 is 0 Å². The van der Waals surface area contributed by atoms with E-state index in [0.717, 1.165) is 0 Å². The summed E-state index contributed by atoms with van der Waals surface area (Å²) in [6, 6.07) is 1.15. The molecule has 2 unspecified atom stereocenters. The predicted molar refractivity (Wildman–Crippen MR) is 69.4 cm³/mol. The van der Waals surface area contributed by atoms with Gasteiger partial charge in [0.25, 0.3) is 0 Å². The summed E-state index contributed by atoms with van der Waals surface area (Å²) in [6.07, 6.45) is 9.58. The van der Waals surface area contributed by atoms with Gasteiger partial charge in [-0.3, -0.25) is 4.90 Å². The normalized spacial score (nSPS) is 35.4. The minimum absolute atomic E-state index is 0.451. The Hall–Kier alpha value is -0.0800. The molecule has 0 radical (unpaired) electrons. The summed E-state index contributed by atoms with van der Waals surface area (Å²) < 4.78 is 0. The van der Waals surface area contributed by atoms with Crippen LogP contribution < -0.4 is 5.73 Å². The van der Waals surface area contributed by atoms with E-state index in [1.807, 2.05) is 0 Å². The fourth-order valence-corrected chi connectivity index (χ4v) is 3.67. The summed E-state index contributed by atoms with van der Waals surface area (Å²) in [5, 5.41) is 0. The molecule has 1 aliphatic carbocycles. The van der Waals surface area contributed by atoms with Crippen molar-refractivity contribution in [3.8, 4) is 0 Å². The van der Waals surface area contributed by atoms with E-state index in [2.05, 4.69) is 18.7 Å². The molecule has 2 rings (SSSR count). The Balaban J connectivity index is 1.92. The first-order valence-electron chi connectivity index (χ1n) is 7.15. The minimum atomic E-state index is 0.451. The van der Waals surface area contributed by atoms with Crippen LogP contribution in [0.25, 0.3) is 0 Å². The highest BCUT2D eigenvalue weighted by Crippen LogP contribution is 2.42.